The molecular formula is C14H22ClN3O2. The number of aliphatic hydroxyl groups excluding tert-OH is 1. The predicted molar refractivity (Wildman–Crippen MR) is 82.9 cm³/mol. The first-order valence-corrected chi connectivity index (χ1v) is 7.12. The summed E-state index contributed by atoms with van der Waals surface area (Å²) in [6, 6.07) is 4.99. The molecule has 6 heteroatoms. The minimum Gasteiger partial charge on any atom is -0.397 e. The van der Waals surface area contributed by atoms with Gasteiger partial charge in [-0.3, -0.25) is 4.79 Å². The van der Waals surface area contributed by atoms with Crippen LogP contribution < -0.4 is 11.1 Å². The van der Waals surface area contributed by atoms with E-state index in [1.54, 1.807) is 18.2 Å². The first-order chi connectivity index (χ1) is 9.56. The van der Waals surface area contributed by atoms with Crippen molar-refractivity contribution in [1.29, 1.82) is 0 Å². The van der Waals surface area contributed by atoms with Crippen molar-refractivity contribution in [2.45, 2.75) is 19.8 Å². The number of carbonyl (C=O) groups excluding carboxylic acids is 1. The Hall–Kier alpha value is -1.30. The van der Waals surface area contributed by atoms with Crippen molar-refractivity contribution in [1.82, 2.24) is 4.90 Å². The van der Waals surface area contributed by atoms with Crippen molar-refractivity contribution in [2.75, 3.05) is 37.3 Å². The second-order valence-corrected chi connectivity index (χ2v) is 4.98. The van der Waals surface area contributed by atoms with Crippen molar-refractivity contribution < 1.29 is 9.90 Å². The molecule has 1 rings (SSSR count). The topological polar surface area (TPSA) is 78.6 Å². The maximum Gasteiger partial charge on any atom is 0.225 e. The maximum absolute atomic E-state index is 11.9. The lowest BCUT2D eigenvalue weighted by Gasteiger charge is -2.19. The highest BCUT2D eigenvalue weighted by Gasteiger charge is 2.08. The third-order valence-corrected chi connectivity index (χ3v) is 3.26. The van der Waals surface area contributed by atoms with Crippen LogP contribution in [0.25, 0.3) is 0 Å². The molecule has 0 atom stereocenters. The second-order valence-electron chi connectivity index (χ2n) is 4.54. The van der Waals surface area contributed by atoms with Crippen molar-refractivity contribution in [2.24, 2.45) is 0 Å². The number of nitrogens with zero attached hydrogens (tertiary/aromatic N) is 1. The molecule has 0 saturated carbocycles. The summed E-state index contributed by atoms with van der Waals surface area (Å²) in [5, 5.41) is 12.1. The van der Waals surface area contributed by atoms with Crippen LogP contribution >= 0.6 is 11.6 Å². The first-order valence-electron chi connectivity index (χ1n) is 6.75. The van der Waals surface area contributed by atoms with Crippen LogP contribution in [0.3, 0.4) is 0 Å². The van der Waals surface area contributed by atoms with Gasteiger partial charge in [0.25, 0.3) is 0 Å². The highest BCUT2D eigenvalue weighted by atomic mass is 35.5. The largest absolute Gasteiger partial charge is 0.397 e. The fourth-order valence-electron chi connectivity index (χ4n) is 1.84. The SMILES string of the molecule is CCN(CCCO)CCC(=O)Nc1ccc(Cl)cc1N. The zero-order chi connectivity index (χ0) is 15.0. The summed E-state index contributed by atoms with van der Waals surface area (Å²) >= 11 is 5.80. The fraction of sp³-hybridized carbons (Fsp3) is 0.500. The van der Waals surface area contributed by atoms with E-state index in [-0.39, 0.29) is 12.5 Å². The van der Waals surface area contributed by atoms with Gasteiger partial charge in [-0.15, -0.1) is 0 Å². The average molecular weight is 300 g/mol. The number of benzene rings is 1. The zero-order valence-electron chi connectivity index (χ0n) is 11.7. The normalized spacial score (nSPS) is 10.8. The van der Waals surface area contributed by atoms with E-state index in [0.29, 0.717) is 29.4 Å². The van der Waals surface area contributed by atoms with Crippen LogP contribution in [-0.4, -0.2) is 42.2 Å². The molecule has 1 aromatic carbocycles. The van der Waals surface area contributed by atoms with E-state index in [2.05, 4.69) is 10.2 Å². The number of hydrogen-bond donors (Lipinski definition) is 3. The molecule has 0 aromatic heterocycles. The summed E-state index contributed by atoms with van der Waals surface area (Å²) in [4.78, 5) is 14.0. The molecule has 112 valence electrons. The lowest BCUT2D eigenvalue weighted by Crippen LogP contribution is -2.29. The van der Waals surface area contributed by atoms with Gasteiger partial charge in [0.1, 0.15) is 0 Å². The number of carbonyl (C=O) groups is 1. The molecule has 0 aliphatic heterocycles. The van der Waals surface area contributed by atoms with E-state index in [9.17, 15) is 4.79 Å². The van der Waals surface area contributed by atoms with Gasteiger partial charge in [-0.05, 0) is 31.2 Å². The van der Waals surface area contributed by atoms with Gasteiger partial charge in [0, 0.05) is 31.1 Å². The predicted octanol–water partition coefficient (Wildman–Crippen LogP) is 1.96. The van der Waals surface area contributed by atoms with Gasteiger partial charge < -0.3 is 21.1 Å². The van der Waals surface area contributed by atoms with E-state index in [0.717, 1.165) is 19.5 Å². The monoisotopic (exact) mass is 299 g/mol. The molecule has 0 radical (unpaired) electrons. The number of rotatable bonds is 8. The molecule has 20 heavy (non-hydrogen) atoms. The van der Waals surface area contributed by atoms with E-state index >= 15 is 0 Å². The zero-order valence-corrected chi connectivity index (χ0v) is 12.5. The van der Waals surface area contributed by atoms with Crippen molar-refractivity contribution >= 4 is 28.9 Å². The molecule has 4 N–H and O–H groups in total. The summed E-state index contributed by atoms with van der Waals surface area (Å²) in [6.45, 7) is 4.52. The standard InChI is InChI=1S/C14H22ClN3O2/c1-2-18(7-3-9-19)8-6-14(20)17-13-5-4-11(15)10-12(13)16/h4-5,10,19H,2-3,6-9,16H2,1H3,(H,17,20). The summed E-state index contributed by atoms with van der Waals surface area (Å²) in [7, 11) is 0. The minimum absolute atomic E-state index is 0.0820. The Kier molecular flexibility index (Phi) is 7.36. The smallest absolute Gasteiger partial charge is 0.225 e. The summed E-state index contributed by atoms with van der Waals surface area (Å²) in [6.07, 6.45) is 1.11. The average Bonchev–Trinajstić information content (AvgIpc) is 2.42. The Morgan fingerprint density at radius 2 is 2.20 bits per heavy atom. The Balaban J connectivity index is 2.43. The summed E-state index contributed by atoms with van der Waals surface area (Å²) in [5.74, 6) is -0.0820. The van der Waals surface area contributed by atoms with Gasteiger partial charge >= 0.3 is 0 Å². The van der Waals surface area contributed by atoms with Crippen molar-refractivity contribution in [3.63, 3.8) is 0 Å². The van der Waals surface area contributed by atoms with Gasteiger partial charge in [-0.2, -0.15) is 0 Å². The quantitative estimate of drug-likeness (QED) is 0.641. The lowest BCUT2D eigenvalue weighted by atomic mass is 10.2. The molecule has 0 saturated heterocycles. The fourth-order valence-corrected chi connectivity index (χ4v) is 2.02. The van der Waals surface area contributed by atoms with Crippen LogP contribution in [0.1, 0.15) is 19.8 Å². The van der Waals surface area contributed by atoms with E-state index in [1.165, 1.54) is 0 Å². The van der Waals surface area contributed by atoms with Crippen molar-refractivity contribution in [3.8, 4) is 0 Å². The minimum atomic E-state index is -0.0820. The van der Waals surface area contributed by atoms with Crippen molar-refractivity contribution in [3.05, 3.63) is 23.2 Å². The molecule has 0 bridgehead atoms. The van der Waals surface area contributed by atoms with Crippen LogP contribution in [0.2, 0.25) is 5.02 Å². The first kappa shape index (κ1) is 16.8. The van der Waals surface area contributed by atoms with Gasteiger partial charge in [0.2, 0.25) is 5.91 Å². The summed E-state index contributed by atoms with van der Waals surface area (Å²) in [5.41, 5.74) is 6.82. The highest BCUT2D eigenvalue weighted by molar-refractivity contribution is 6.31. The van der Waals surface area contributed by atoms with Crippen LogP contribution in [0.4, 0.5) is 11.4 Å². The molecule has 0 spiro atoms. The molecule has 0 aliphatic rings. The molecular weight excluding hydrogens is 278 g/mol. The molecule has 5 nitrogen and oxygen atoms in total. The number of nitrogens with two attached hydrogens (primary N) is 1. The molecule has 1 aromatic rings. The molecule has 0 heterocycles. The number of nitrogens with one attached hydrogen (secondary N) is 1. The Labute approximate surface area is 124 Å². The van der Waals surface area contributed by atoms with E-state index in [1.807, 2.05) is 6.92 Å². The van der Waals surface area contributed by atoms with E-state index in [4.69, 9.17) is 22.4 Å². The lowest BCUT2D eigenvalue weighted by molar-refractivity contribution is -0.116. The second kappa shape index (κ2) is 8.79. The number of amides is 1. The van der Waals surface area contributed by atoms with Crippen LogP contribution in [0.5, 0.6) is 0 Å². The Morgan fingerprint density at radius 1 is 1.45 bits per heavy atom. The molecule has 0 fully saturated rings. The van der Waals surface area contributed by atoms with Gasteiger partial charge in [0.15, 0.2) is 0 Å². The van der Waals surface area contributed by atoms with Crippen LogP contribution in [0, 0.1) is 0 Å². The molecule has 0 aliphatic carbocycles. The highest BCUT2D eigenvalue weighted by Crippen LogP contribution is 2.22. The number of nitrogen functional groups attached to an aromatic ring is 1. The number of anilines is 2. The molecule has 1 amide bonds. The summed E-state index contributed by atoms with van der Waals surface area (Å²) < 4.78 is 0. The number of aliphatic hydroxyl groups is 1. The Bertz CT molecular complexity index is 440. The third kappa shape index (κ3) is 5.77. The van der Waals surface area contributed by atoms with Gasteiger partial charge in [-0.1, -0.05) is 18.5 Å². The van der Waals surface area contributed by atoms with Gasteiger partial charge in [-0.25, -0.2) is 0 Å². The number of halogens is 1. The molecule has 0 unspecified atom stereocenters. The van der Waals surface area contributed by atoms with E-state index < -0.39 is 0 Å². The Morgan fingerprint density at radius 3 is 2.80 bits per heavy atom. The maximum atomic E-state index is 11.9. The number of hydrogen-bond acceptors (Lipinski definition) is 4. The van der Waals surface area contributed by atoms with Crippen LogP contribution in [0.15, 0.2) is 18.2 Å². The van der Waals surface area contributed by atoms with Crippen LogP contribution in [-0.2, 0) is 4.79 Å². The third-order valence-electron chi connectivity index (χ3n) is 3.02. The van der Waals surface area contributed by atoms with Gasteiger partial charge in [0.05, 0.1) is 11.4 Å².